The van der Waals surface area contributed by atoms with Crippen LogP contribution in [-0.4, -0.2) is 19.6 Å². The van der Waals surface area contributed by atoms with Crippen molar-refractivity contribution in [2.24, 2.45) is 0 Å². The molecule has 1 N–H and O–H groups in total. The monoisotopic (exact) mass is 517 g/mol. The second-order valence-corrected chi connectivity index (χ2v) is 7.75. The van der Waals surface area contributed by atoms with Crippen LogP contribution < -0.4 is 19.5 Å². The molecule has 0 radical (unpaired) electrons. The van der Waals surface area contributed by atoms with E-state index in [4.69, 9.17) is 19.5 Å². The van der Waals surface area contributed by atoms with Gasteiger partial charge in [0.05, 0.1) is 7.11 Å². The summed E-state index contributed by atoms with van der Waals surface area (Å²) in [5, 5.41) is 21.0. The first-order valence-electron chi connectivity index (χ1n) is 10.1. The fourth-order valence-corrected chi connectivity index (χ4v) is 3.36. The standard InChI is InChI=1S/C26H20BrN3O4/c1-32-24-14-19(23(27)15-25(24)33-12-11-28)13-20(16-29)26(31)30-21-7-9-22(10-8-21)34-17-18-5-3-2-4-6-18/h2-10,13-15H,12,17H2,1H3,(H,30,31)/b20-13+. The molecule has 0 saturated carbocycles. The third-order valence-corrected chi connectivity index (χ3v) is 5.29. The maximum atomic E-state index is 12.7. The molecule has 7 nitrogen and oxygen atoms in total. The van der Waals surface area contributed by atoms with Crippen LogP contribution in [0.1, 0.15) is 11.1 Å². The number of rotatable bonds is 9. The van der Waals surface area contributed by atoms with Crippen LogP contribution in [0.3, 0.4) is 0 Å². The highest BCUT2D eigenvalue weighted by molar-refractivity contribution is 9.10. The highest BCUT2D eigenvalue weighted by atomic mass is 79.9. The minimum atomic E-state index is -0.559. The molecule has 0 aromatic heterocycles. The fraction of sp³-hybridized carbons (Fsp3) is 0.115. The number of nitrogens with zero attached hydrogens (tertiary/aromatic N) is 2. The number of nitriles is 2. The van der Waals surface area contributed by atoms with Crippen molar-refractivity contribution in [3.63, 3.8) is 0 Å². The number of halogens is 1. The van der Waals surface area contributed by atoms with Gasteiger partial charge in [-0.2, -0.15) is 10.5 Å². The molecule has 0 spiro atoms. The van der Waals surface area contributed by atoms with E-state index < -0.39 is 5.91 Å². The smallest absolute Gasteiger partial charge is 0.266 e. The number of methoxy groups -OCH3 is 1. The summed E-state index contributed by atoms with van der Waals surface area (Å²) in [7, 11) is 1.46. The minimum absolute atomic E-state index is 0.0992. The van der Waals surface area contributed by atoms with Crippen molar-refractivity contribution >= 4 is 33.6 Å². The maximum Gasteiger partial charge on any atom is 0.266 e. The Morgan fingerprint density at radius 2 is 1.76 bits per heavy atom. The number of ether oxygens (including phenoxy) is 3. The Morgan fingerprint density at radius 1 is 1.03 bits per heavy atom. The van der Waals surface area contributed by atoms with Gasteiger partial charge in [-0.3, -0.25) is 4.79 Å². The van der Waals surface area contributed by atoms with Gasteiger partial charge in [-0.15, -0.1) is 0 Å². The SMILES string of the molecule is COc1cc(/C=C(\C#N)C(=O)Nc2ccc(OCc3ccccc3)cc2)c(Br)cc1OCC#N. The zero-order valence-corrected chi connectivity index (χ0v) is 19.8. The van der Waals surface area contributed by atoms with Gasteiger partial charge in [-0.25, -0.2) is 0 Å². The molecule has 1 amide bonds. The average Bonchev–Trinajstić information content (AvgIpc) is 2.87. The normalized spacial score (nSPS) is 10.5. The van der Waals surface area contributed by atoms with Gasteiger partial charge < -0.3 is 19.5 Å². The van der Waals surface area contributed by atoms with Gasteiger partial charge in [0.15, 0.2) is 18.1 Å². The van der Waals surface area contributed by atoms with Crippen molar-refractivity contribution in [2.75, 3.05) is 19.0 Å². The summed E-state index contributed by atoms with van der Waals surface area (Å²) in [6, 6.07) is 23.7. The number of anilines is 1. The Hall–Kier alpha value is -4.27. The Balaban J connectivity index is 1.69. The number of hydrogen-bond acceptors (Lipinski definition) is 6. The maximum absolute atomic E-state index is 12.7. The first-order valence-corrected chi connectivity index (χ1v) is 10.9. The molecule has 170 valence electrons. The molecular formula is C26H20BrN3O4. The van der Waals surface area contributed by atoms with Crippen LogP contribution in [0.4, 0.5) is 5.69 Å². The van der Waals surface area contributed by atoms with Crippen LogP contribution in [-0.2, 0) is 11.4 Å². The summed E-state index contributed by atoms with van der Waals surface area (Å²) in [5.41, 5.74) is 2.02. The molecule has 0 aliphatic rings. The van der Waals surface area contributed by atoms with Crippen molar-refractivity contribution in [2.45, 2.75) is 6.61 Å². The summed E-state index contributed by atoms with van der Waals surface area (Å²) in [6.45, 7) is 0.298. The summed E-state index contributed by atoms with van der Waals surface area (Å²) in [6.07, 6.45) is 1.44. The largest absolute Gasteiger partial charge is 0.493 e. The topological polar surface area (TPSA) is 104 Å². The molecule has 8 heteroatoms. The van der Waals surface area contributed by atoms with Gasteiger partial charge in [0, 0.05) is 10.2 Å². The number of benzene rings is 3. The third kappa shape index (κ3) is 6.61. The number of carbonyl (C=O) groups is 1. The molecular weight excluding hydrogens is 498 g/mol. The lowest BCUT2D eigenvalue weighted by Gasteiger charge is -2.11. The van der Waals surface area contributed by atoms with Crippen molar-refractivity contribution in [3.8, 4) is 29.4 Å². The second-order valence-electron chi connectivity index (χ2n) is 6.89. The Bertz CT molecular complexity index is 1260. The predicted molar refractivity (Wildman–Crippen MR) is 131 cm³/mol. The van der Waals surface area contributed by atoms with Crippen molar-refractivity contribution < 1.29 is 19.0 Å². The van der Waals surface area contributed by atoms with E-state index in [0.717, 1.165) is 5.56 Å². The van der Waals surface area contributed by atoms with Crippen molar-refractivity contribution in [1.82, 2.24) is 0 Å². The lowest BCUT2D eigenvalue weighted by Crippen LogP contribution is -2.13. The van der Waals surface area contributed by atoms with Crippen LogP contribution in [0.25, 0.3) is 6.08 Å². The first-order chi connectivity index (χ1) is 16.5. The van der Waals surface area contributed by atoms with Crippen molar-refractivity contribution in [3.05, 3.63) is 87.9 Å². The molecule has 3 rings (SSSR count). The van der Waals surface area contributed by atoms with Crippen LogP contribution in [0.5, 0.6) is 17.2 Å². The Kier molecular flexibility index (Phi) is 8.67. The van der Waals surface area contributed by atoms with E-state index in [0.29, 0.717) is 39.6 Å². The van der Waals surface area contributed by atoms with E-state index in [2.05, 4.69) is 21.2 Å². The van der Waals surface area contributed by atoms with Crippen LogP contribution in [0, 0.1) is 22.7 Å². The molecule has 3 aromatic rings. The number of carbonyl (C=O) groups excluding carboxylic acids is 1. The summed E-state index contributed by atoms with van der Waals surface area (Å²) in [5.74, 6) is 0.836. The summed E-state index contributed by atoms with van der Waals surface area (Å²) < 4.78 is 16.9. The summed E-state index contributed by atoms with van der Waals surface area (Å²) >= 11 is 3.40. The van der Waals surface area contributed by atoms with E-state index in [1.54, 1.807) is 36.4 Å². The first kappa shape index (κ1) is 24.4. The molecule has 0 unspecified atom stereocenters. The lowest BCUT2D eigenvalue weighted by molar-refractivity contribution is -0.112. The van der Waals surface area contributed by atoms with Crippen molar-refractivity contribution in [1.29, 1.82) is 10.5 Å². The van der Waals surface area contributed by atoms with Gasteiger partial charge in [0.1, 0.15) is 30.1 Å². The second kappa shape index (κ2) is 12.1. The molecule has 3 aromatic carbocycles. The van der Waals surface area contributed by atoms with Crippen LogP contribution in [0.15, 0.2) is 76.8 Å². The van der Waals surface area contributed by atoms with Crippen LogP contribution in [0.2, 0.25) is 0 Å². The van der Waals surface area contributed by atoms with E-state index in [-0.39, 0.29) is 12.2 Å². The highest BCUT2D eigenvalue weighted by Crippen LogP contribution is 2.34. The molecule has 0 bridgehead atoms. The zero-order valence-electron chi connectivity index (χ0n) is 18.2. The Morgan fingerprint density at radius 3 is 2.41 bits per heavy atom. The molecule has 0 aliphatic heterocycles. The molecule has 0 saturated heterocycles. The molecule has 0 atom stereocenters. The number of nitrogens with one attached hydrogen (secondary N) is 1. The highest BCUT2D eigenvalue weighted by Gasteiger charge is 2.14. The van der Waals surface area contributed by atoms with E-state index in [1.807, 2.05) is 42.5 Å². The molecule has 0 heterocycles. The van der Waals surface area contributed by atoms with E-state index in [1.165, 1.54) is 13.2 Å². The average molecular weight is 518 g/mol. The fourth-order valence-electron chi connectivity index (χ4n) is 2.92. The zero-order chi connectivity index (χ0) is 24.3. The Labute approximate surface area is 205 Å². The number of hydrogen-bond donors (Lipinski definition) is 1. The van der Waals surface area contributed by atoms with Gasteiger partial charge in [-0.1, -0.05) is 46.3 Å². The van der Waals surface area contributed by atoms with Gasteiger partial charge in [0.25, 0.3) is 5.91 Å². The molecule has 0 aliphatic carbocycles. The lowest BCUT2D eigenvalue weighted by atomic mass is 10.1. The number of amides is 1. The van der Waals surface area contributed by atoms with E-state index >= 15 is 0 Å². The van der Waals surface area contributed by atoms with Gasteiger partial charge >= 0.3 is 0 Å². The molecule has 0 fully saturated rings. The van der Waals surface area contributed by atoms with Gasteiger partial charge in [0.2, 0.25) is 0 Å². The van der Waals surface area contributed by atoms with Gasteiger partial charge in [-0.05, 0) is 53.6 Å². The van der Waals surface area contributed by atoms with E-state index in [9.17, 15) is 10.1 Å². The van der Waals surface area contributed by atoms with Crippen LogP contribution >= 0.6 is 15.9 Å². The quantitative estimate of drug-likeness (QED) is 0.297. The minimum Gasteiger partial charge on any atom is -0.493 e. The summed E-state index contributed by atoms with van der Waals surface area (Å²) in [4.78, 5) is 12.7. The molecule has 34 heavy (non-hydrogen) atoms. The predicted octanol–water partition coefficient (Wildman–Crippen LogP) is 5.48. The third-order valence-electron chi connectivity index (χ3n) is 4.60.